The van der Waals surface area contributed by atoms with Gasteiger partial charge >= 0.3 is 5.97 Å². The van der Waals surface area contributed by atoms with Gasteiger partial charge < -0.3 is 15.2 Å². The molecule has 0 aliphatic carbocycles. The molecule has 0 unspecified atom stereocenters. The van der Waals surface area contributed by atoms with Crippen LogP contribution in [0.4, 0.5) is 5.69 Å². The Morgan fingerprint density at radius 1 is 1.18 bits per heavy atom. The standard InChI is InChI=1S/C18H15Cl2N3O5/c1-10(24)22-13-4-2-3-12(7-13)18(27)23-21-8-11-5-14(19)17(15(20)6-11)28-9-16(25)26/h2-8H,9H2,1H3,(H,22,24)(H,23,27)(H,25,26). The SMILES string of the molecule is CC(=O)Nc1cccc(C(=O)NN=Cc2cc(Cl)c(OCC(=O)O)c(Cl)c2)c1. The first kappa shape index (κ1) is 21.2. The molecule has 0 spiro atoms. The zero-order valence-electron chi connectivity index (χ0n) is 14.5. The van der Waals surface area contributed by atoms with Gasteiger partial charge in [0.2, 0.25) is 5.91 Å². The predicted molar refractivity (Wildman–Crippen MR) is 105 cm³/mol. The van der Waals surface area contributed by atoms with Crippen LogP contribution in [0.1, 0.15) is 22.8 Å². The van der Waals surface area contributed by atoms with E-state index in [2.05, 4.69) is 15.8 Å². The van der Waals surface area contributed by atoms with E-state index in [4.69, 9.17) is 33.0 Å². The van der Waals surface area contributed by atoms with Gasteiger partial charge in [-0.05, 0) is 35.9 Å². The highest BCUT2D eigenvalue weighted by Crippen LogP contribution is 2.33. The number of carboxylic acid groups (broad SMARTS) is 1. The fourth-order valence-corrected chi connectivity index (χ4v) is 2.71. The summed E-state index contributed by atoms with van der Waals surface area (Å²) in [5.74, 6) is -1.85. The topological polar surface area (TPSA) is 117 Å². The molecule has 146 valence electrons. The quantitative estimate of drug-likeness (QED) is 0.466. The van der Waals surface area contributed by atoms with Crippen LogP contribution in [0.5, 0.6) is 5.75 Å². The number of aliphatic carboxylic acids is 1. The highest BCUT2D eigenvalue weighted by Gasteiger charge is 2.11. The number of nitrogens with zero attached hydrogens (tertiary/aromatic N) is 1. The predicted octanol–water partition coefficient (Wildman–Crippen LogP) is 3.18. The number of carbonyl (C=O) groups is 3. The molecule has 2 aromatic carbocycles. The molecule has 0 bridgehead atoms. The Balaban J connectivity index is 2.05. The summed E-state index contributed by atoms with van der Waals surface area (Å²) in [5.41, 5.74) is 3.60. The van der Waals surface area contributed by atoms with E-state index in [9.17, 15) is 14.4 Å². The molecule has 0 radical (unpaired) electrons. The van der Waals surface area contributed by atoms with Crippen molar-refractivity contribution in [3.63, 3.8) is 0 Å². The first-order chi connectivity index (χ1) is 13.3. The highest BCUT2D eigenvalue weighted by molar-refractivity contribution is 6.37. The Morgan fingerprint density at radius 2 is 1.86 bits per heavy atom. The molecule has 0 atom stereocenters. The second kappa shape index (κ2) is 9.72. The molecule has 0 fully saturated rings. The molecule has 28 heavy (non-hydrogen) atoms. The van der Waals surface area contributed by atoms with Crippen molar-refractivity contribution in [3.05, 3.63) is 57.6 Å². The molecular weight excluding hydrogens is 409 g/mol. The zero-order valence-corrected chi connectivity index (χ0v) is 16.0. The lowest BCUT2D eigenvalue weighted by Crippen LogP contribution is -2.18. The van der Waals surface area contributed by atoms with Gasteiger partial charge in [-0.1, -0.05) is 29.3 Å². The van der Waals surface area contributed by atoms with Gasteiger partial charge in [0.05, 0.1) is 16.3 Å². The molecule has 0 aliphatic heterocycles. The fourth-order valence-electron chi connectivity index (χ4n) is 2.10. The zero-order chi connectivity index (χ0) is 20.7. The van der Waals surface area contributed by atoms with Gasteiger partial charge in [-0.25, -0.2) is 10.2 Å². The maximum absolute atomic E-state index is 12.1. The first-order valence-electron chi connectivity index (χ1n) is 7.81. The molecule has 2 aromatic rings. The highest BCUT2D eigenvalue weighted by atomic mass is 35.5. The maximum atomic E-state index is 12.1. The third kappa shape index (κ3) is 6.26. The van der Waals surface area contributed by atoms with Crippen LogP contribution in [0.2, 0.25) is 10.0 Å². The van der Waals surface area contributed by atoms with Gasteiger partial charge in [-0.15, -0.1) is 0 Å². The number of halogens is 2. The molecule has 0 aromatic heterocycles. The number of ether oxygens (including phenoxy) is 1. The minimum atomic E-state index is -1.16. The molecule has 0 saturated carbocycles. The molecule has 0 aliphatic rings. The summed E-state index contributed by atoms with van der Waals surface area (Å²) in [6.45, 7) is 0.784. The number of carboxylic acids is 1. The minimum Gasteiger partial charge on any atom is -0.479 e. The third-order valence-corrected chi connectivity index (χ3v) is 3.75. The van der Waals surface area contributed by atoms with Crippen LogP contribution >= 0.6 is 23.2 Å². The number of rotatable bonds is 7. The van der Waals surface area contributed by atoms with Crippen molar-refractivity contribution in [2.24, 2.45) is 5.10 Å². The summed E-state index contributed by atoms with van der Waals surface area (Å²) >= 11 is 12.1. The molecule has 0 heterocycles. The van der Waals surface area contributed by atoms with Crippen LogP contribution in [0.3, 0.4) is 0 Å². The van der Waals surface area contributed by atoms with Crippen molar-refractivity contribution in [3.8, 4) is 5.75 Å². The monoisotopic (exact) mass is 423 g/mol. The van der Waals surface area contributed by atoms with Crippen molar-refractivity contribution in [1.29, 1.82) is 0 Å². The lowest BCUT2D eigenvalue weighted by molar-refractivity contribution is -0.139. The van der Waals surface area contributed by atoms with Crippen LogP contribution in [-0.2, 0) is 9.59 Å². The number of nitrogens with one attached hydrogen (secondary N) is 2. The summed E-state index contributed by atoms with van der Waals surface area (Å²) < 4.78 is 5.02. The number of anilines is 1. The summed E-state index contributed by atoms with van der Waals surface area (Å²) in [7, 11) is 0. The van der Waals surface area contributed by atoms with E-state index < -0.39 is 18.5 Å². The summed E-state index contributed by atoms with van der Waals surface area (Å²) in [4.78, 5) is 33.8. The lowest BCUT2D eigenvalue weighted by atomic mass is 10.2. The molecule has 3 N–H and O–H groups in total. The average molecular weight is 424 g/mol. The Labute approximate surface area is 170 Å². The van der Waals surface area contributed by atoms with E-state index in [1.54, 1.807) is 18.2 Å². The van der Waals surface area contributed by atoms with Crippen LogP contribution in [0.15, 0.2) is 41.5 Å². The molecule has 2 rings (SSSR count). The Hall–Kier alpha value is -3.10. The Kier molecular flexibility index (Phi) is 7.36. The van der Waals surface area contributed by atoms with Crippen LogP contribution < -0.4 is 15.5 Å². The lowest BCUT2D eigenvalue weighted by Gasteiger charge is -2.08. The fraction of sp³-hybridized carbons (Fsp3) is 0.111. The second-order valence-corrected chi connectivity index (χ2v) is 6.27. The molecular formula is C18H15Cl2N3O5. The van der Waals surface area contributed by atoms with E-state index in [-0.39, 0.29) is 21.7 Å². The first-order valence-corrected chi connectivity index (χ1v) is 8.56. The van der Waals surface area contributed by atoms with Gasteiger partial charge in [0.1, 0.15) is 0 Å². The number of hydrogen-bond donors (Lipinski definition) is 3. The Bertz CT molecular complexity index is 924. The van der Waals surface area contributed by atoms with E-state index >= 15 is 0 Å². The van der Waals surface area contributed by atoms with Gasteiger partial charge in [-0.2, -0.15) is 5.10 Å². The maximum Gasteiger partial charge on any atom is 0.341 e. The largest absolute Gasteiger partial charge is 0.479 e. The number of amides is 2. The van der Waals surface area contributed by atoms with E-state index in [0.29, 0.717) is 16.8 Å². The van der Waals surface area contributed by atoms with E-state index in [0.717, 1.165) is 0 Å². The van der Waals surface area contributed by atoms with E-state index in [1.165, 1.54) is 31.3 Å². The van der Waals surface area contributed by atoms with E-state index in [1.807, 2.05) is 0 Å². The number of benzene rings is 2. The van der Waals surface area contributed by atoms with Gasteiger partial charge in [0.25, 0.3) is 5.91 Å². The normalized spacial score (nSPS) is 10.5. The molecule has 2 amide bonds. The van der Waals surface area contributed by atoms with Crippen LogP contribution in [0.25, 0.3) is 0 Å². The van der Waals surface area contributed by atoms with Crippen molar-refractivity contribution < 1.29 is 24.2 Å². The van der Waals surface area contributed by atoms with Crippen molar-refractivity contribution in [2.45, 2.75) is 6.92 Å². The average Bonchev–Trinajstić information content (AvgIpc) is 2.60. The molecule has 10 heteroatoms. The smallest absolute Gasteiger partial charge is 0.341 e. The Morgan fingerprint density at radius 3 is 2.46 bits per heavy atom. The van der Waals surface area contributed by atoms with Crippen molar-refractivity contribution in [1.82, 2.24) is 5.43 Å². The molecule has 8 nitrogen and oxygen atoms in total. The van der Waals surface area contributed by atoms with Gasteiger partial charge in [0.15, 0.2) is 12.4 Å². The summed E-state index contributed by atoms with van der Waals surface area (Å²) in [5, 5.41) is 15.3. The minimum absolute atomic E-state index is 0.0432. The number of carbonyl (C=O) groups excluding carboxylic acids is 2. The summed E-state index contributed by atoms with van der Waals surface area (Å²) in [6.07, 6.45) is 1.31. The third-order valence-electron chi connectivity index (χ3n) is 3.19. The van der Waals surface area contributed by atoms with Crippen molar-refractivity contribution in [2.75, 3.05) is 11.9 Å². The van der Waals surface area contributed by atoms with Gasteiger partial charge in [-0.3, -0.25) is 9.59 Å². The summed E-state index contributed by atoms with van der Waals surface area (Å²) in [6, 6.07) is 9.27. The number of hydrogen-bond acceptors (Lipinski definition) is 5. The van der Waals surface area contributed by atoms with Gasteiger partial charge in [0, 0.05) is 18.2 Å². The van der Waals surface area contributed by atoms with Crippen molar-refractivity contribution >= 4 is 52.9 Å². The second-order valence-electron chi connectivity index (χ2n) is 5.46. The molecule has 0 saturated heterocycles. The number of hydrazone groups is 1. The van der Waals surface area contributed by atoms with Crippen LogP contribution in [-0.4, -0.2) is 35.7 Å². The van der Waals surface area contributed by atoms with Crippen LogP contribution in [0, 0.1) is 0 Å².